The number of imidazole rings is 1. The van der Waals surface area contributed by atoms with Crippen LogP contribution in [0.15, 0.2) is 18.2 Å². The molecule has 3 rings (SSSR count). The molecule has 2 unspecified atom stereocenters. The van der Waals surface area contributed by atoms with Crippen LogP contribution in [-0.2, 0) is 6.54 Å². The Morgan fingerprint density at radius 1 is 1.53 bits per heavy atom. The average Bonchev–Trinajstić information content (AvgIpc) is 2.77. The van der Waals surface area contributed by atoms with Gasteiger partial charge in [0, 0.05) is 12.6 Å². The predicted molar refractivity (Wildman–Crippen MR) is 75.8 cm³/mol. The molecule has 1 aromatic carbocycles. The second-order valence-corrected chi connectivity index (χ2v) is 6.87. The van der Waals surface area contributed by atoms with Crippen LogP contribution in [0.5, 0.6) is 0 Å². The third-order valence-corrected chi connectivity index (χ3v) is 4.41. The number of benzene rings is 1. The highest BCUT2D eigenvalue weighted by Gasteiger charge is 2.45. The van der Waals surface area contributed by atoms with Crippen LogP contribution >= 0.6 is 11.6 Å². The minimum Gasteiger partial charge on any atom is -0.326 e. The largest absolute Gasteiger partial charge is 0.326 e. The topological polar surface area (TPSA) is 17.8 Å². The van der Waals surface area contributed by atoms with Crippen molar-refractivity contribution in [1.82, 2.24) is 9.55 Å². The van der Waals surface area contributed by atoms with Crippen molar-refractivity contribution in [2.45, 2.75) is 39.1 Å². The van der Waals surface area contributed by atoms with E-state index in [9.17, 15) is 4.39 Å². The van der Waals surface area contributed by atoms with Gasteiger partial charge in [-0.3, -0.25) is 0 Å². The Kier molecular flexibility index (Phi) is 2.86. The number of halogens is 2. The molecule has 2 nitrogen and oxygen atoms in total. The zero-order valence-electron chi connectivity index (χ0n) is 11.5. The summed E-state index contributed by atoms with van der Waals surface area (Å²) in [5.74, 6) is 1.24. The van der Waals surface area contributed by atoms with Crippen LogP contribution in [0, 0.1) is 17.2 Å². The number of hydrogen-bond donors (Lipinski definition) is 0. The molecule has 19 heavy (non-hydrogen) atoms. The van der Waals surface area contributed by atoms with Crippen molar-refractivity contribution in [3.63, 3.8) is 0 Å². The summed E-state index contributed by atoms with van der Waals surface area (Å²) in [4.78, 5) is 4.49. The van der Waals surface area contributed by atoms with Crippen LogP contribution in [0.3, 0.4) is 0 Å². The second kappa shape index (κ2) is 4.20. The highest BCUT2D eigenvalue weighted by molar-refractivity contribution is 6.20. The van der Waals surface area contributed by atoms with Gasteiger partial charge in [-0.1, -0.05) is 13.8 Å². The normalized spacial score (nSPS) is 22.7. The van der Waals surface area contributed by atoms with Crippen molar-refractivity contribution in [2.75, 3.05) is 0 Å². The molecule has 1 heterocycles. The van der Waals surface area contributed by atoms with Crippen molar-refractivity contribution in [2.24, 2.45) is 11.3 Å². The quantitative estimate of drug-likeness (QED) is 0.756. The van der Waals surface area contributed by atoms with E-state index in [2.05, 4.69) is 23.4 Å². The first-order valence-corrected chi connectivity index (χ1v) is 7.12. The molecular weight excluding hydrogens is 263 g/mol. The standard InChI is InChI=1S/C15H18ClFN2/c1-9(16)14-18-12-6-11(17)4-5-13(12)19(14)8-10-7-15(10,2)3/h4-6,9-10H,7-8H2,1-3H3. The molecule has 1 fully saturated rings. The number of fused-ring (bicyclic) bond motifs is 1. The highest BCUT2D eigenvalue weighted by atomic mass is 35.5. The van der Waals surface area contributed by atoms with E-state index in [1.54, 1.807) is 6.07 Å². The summed E-state index contributed by atoms with van der Waals surface area (Å²) in [6.07, 6.45) is 1.23. The highest BCUT2D eigenvalue weighted by Crippen LogP contribution is 2.52. The second-order valence-electron chi connectivity index (χ2n) is 6.22. The Morgan fingerprint density at radius 2 is 2.21 bits per heavy atom. The molecule has 0 amide bonds. The van der Waals surface area contributed by atoms with Crippen LogP contribution < -0.4 is 0 Å². The lowest BCUT2D eigenvalue weighted by Gasteiger charge is -2.11. The maximum absolute atomic E-state index is 13.3. The number of aromatic nitrogens is 2. The number of rotatable bonds is 3. The smallest absolute Gasteiger partial charge is 0.127 e. The monoisotopic (exact) mass is 280 g/mol. The van der Waals surface area contributed by atoms with Gasteiger partial charge in [-0.05, 0) is 36.8 Å². The minimum absolute atomic E-state index is 0.169. The maximum atomic E-state index is 13.3. The van der Waals surface area contributed by atoms with Gasteiger partial charge in [0.1, 0.15) is 11.6 Å². The van der Waals surface area contributed by atoms with E-state index in [1.165, 1.54) is 18.6 Å². The molecular formula is C15H18ClFN2. The lowest BCUT2D eigenvalue weighted by Crippen LogP contribution is -2.08. The van der Waals surface area contributed by atoms with Crippen molar-refractivity contribution in [3.05, 3.63) is 29.8 Å². The Bertz CT molecular complexity index is 630. The molecule has 1 saturated carbocycles. The molecule has 0 bridgehead atoms. The van der Waals surface area contributed by atoms with E-state index in [0.29, 0.717) is 16.8 Å². The fourth-order valence-corrected chi connectivity index (χ4v) is 2.89. The molecule has 1 aromatic heterocycles. The van der Waals surface area contributed by atoms with E-state index in [0.717, 1.165) is 17.9 Å². The maximum Gasteiger partial charge on any atom is 0.127 e. The molecule has 2 atom stereocenters. The first-order chi connectivity index (χ1) is 8.88. The lowest BCUT2D eigenvalue weighted by molar-refractivity contribution is 0.495. The Balaban J connectivity index is 2.07. The molecule has 4 heteroatoms. The summed E-state index contributed by atoms with van der Waals surface area (Å²) >= 11 is 6.22. The van der Waals surface area contributed by atoms with Crippen LogP contribution in [0.2, 0.25) is 0 Å². The van der Waals surface area contributed by atoms with E-state index in [4.69, 9.17) is 11.6 Å². The number of nitrogens with zero attached hydrogens (tertiary/aromatic N) is 2. The van der Waals surface area contributed by atoms with Gasteiger partial charge in [0.15, 0.2) is 0 Å². The Labute approximate surface area is 117 Å². The van der Waals surface area contributed by atoms with Crippen molar-refractivity contribution < 1.29 is 4.39 Å². The van der Waals surface area contributed by atoms with Gasteiger partial charge in [-0.15, -0.1) is 11.6 Å². The summed E-state index contributed by atoms with van der Waals surface area (Å²) in [7, 11) is 0. The van der Waals surface area contributed by atoms with Gasteiger partial charge in [-0.25, -0.2) is 9.37 Å². The van der Waals surface area contributed by atoms with Crippen LogP contribution in [-0.4, -0.2) is 9.55 Å². The molecule has 1 aliphatic carbocycles. The van der Waals surface area contributed by atoms with E-state index < -0.39 is 0 Å². The molecule has 0 aliphatic heterocycles. The summed E-state index contributed by atoms with van der Waals surface area (Å²) in [5.41, 5.74) is 2.08. The predicted octanol–water partition coefficient (Wildman–Crippen LogP) is 4.52. The van der Waals surface area contributed by atoms with E-state index in [1.807, 2.05) is 6.92 Å². The van der Waals surface area contributed by atoms with Crippen LogP contribution in [0.25, 0.3) is 11.0 Å². The molecule has 1 aliphatic rings. The van der Waals surface area contributed by atoms with Crippen molar-refractivity contribution >= 4 is 22.6 Å². The first kappa shape index (κ1) is 12.9. The molecule has 0 spiro atoms. The SMILES string of the molecule is CC(Cl)c1nc2cc(F)ccc2n1CC1CC1(C)C. The molecule has 2 aromatic rings. The summed E-state index contributed by atoms with van der Waals surface area (Å²) < 4.78 is 15.5. The fraction of sp³-hybridized carbons (Fsp3) is 0.533. The van der Waals surface area contributed by atoms with Gasteiger partial charge >= 0.3 is 0 Å². The lowest BCUT2D eigenvalue weighted by atomic mass is 10.1. The fourth-order valence-electron chi connectivity index (χ4n) is 2.73. The van der Waals surface area contributed by atoms with Gasteiger partial charge in [-0.2, -0.15) is 0 Å². The zero-order valence-corrected chi connectivity index (χ0v) is 12.2. The average molecular weight is 281 g/mol. The minimum atomic E-state index is -0.252. The molecule has 0 radical (unpaired) electrons. The first-order valence-electron chi connectivity index (χ1n) is 6.68. The third-order valence-electron chi connectivity index (χ3n) is 4.22. The Hall–Kier alpha value is -1.09. The Morgan fingerprint density at radius 3 is 2.79 bits per heavy atom. The third kappa shape index (κ3) is 2.25. The summed E-state index contributed by atoms with van der Waals surface area (Å²) in [6.45, 7) is 7.38. The summed E-state index contributed by atoms with van der Waals surface area (Å²) in [5, 5.41) is -0.169. The number of alkyl halides is 1. The van der Waals surface area contributed by atoms with Crippen LogP contribution in [0.1, 0.15) is 38.4 Å². The van der Waals surface area contributed by atoms with Gasteiger partial charge in [0.05, 0.1) is 16.4 Å². The van der Waals surface area contributed by atoms with Crippen LogP contribution in [0.4, 0.5) is 4.39 Å². The molecule has 0 saturated heterocycles. The summed E-state index contributed by atoms with van der Waals surface area (Å²) in [6, 6.07) is 4.77. The number of hydrogen-bond acceptors (Lipinski definition) is 1. The van der Waals surface area contributed by atoms with Gasteiger partial charge in [0.25, 0.3) is 0 Å². The van der Waals surface area contributed by atoms with Crippen molar-refractivity contribution in [3.8, 4) is 0 Å². The van der Waals surface area contributed by atoms with E-state index >= 15 is 0 Å². The van der Waals surface area contributed by atoms with Gasteiger partial charge in [0.2, 0.25) is 0 Å². The van der Waals surface area contributed by atoms with Crippen molar-refractivity contribution in [1.29, 1.82) is 0 Å². The van der Waals surface area contributed by atoms with E-state index in [-0.39, 0.29) is 11.2 Å². The van der Waals surface area contributed by atoms with Gasteiger partial charge < -0.3 is 4.57 Å². The molecule has 0 N–H and O–H groups in total. The molecule has 102 valence electrons. The zero-order chi connectivity index (χ0) is 13.8.